The zero-order valence-corrected chi connectivity index (χ0v) is 11.9. The number of amides is 2. The molecule has 0 spiro atoms. The van der Waals surface area contributed by atoms with Gasteiger partial charge in [-0.05, 0) is 17.7 Å². The summed E-state index contributed by atoms with van der Waals surface area (Å²) < 4.78 is 0. The Hall–Kier alpha value is -3.13. The summed E-state index contributed by atoms with van der Waals surface area (Å²) in [6.45, 7) is 0. The van der Waals surface area contributed by atoms with Crippen molar-refractivity contribution in [3.8, 4) is 6.07 Å². The largest absolute Gasteiger partial charge is 0.324 e. The third-order valence-electron chi connectivity index (χ3n) is 2.92. The first kappa shape index (κ1) is 15.3. The van der Waals surface area contributed by atoms with Gasteiger partial charge in [-0.15, -0.1) is 0 Å². The third kappa shape index (κ3) is 4.46. The highest BCUT2D eigenvalue weighted by Crippen LogP contribution is 2.21. The van der Waals surface area contributed by atoms with E-state index in [-0.39, 0.29) is 18.7 Å². The van der Waals surface area contributed by atoms with Gasteiger partial charge in [-0.25, -0.2) is 0 Å². The van der Waals surface area contributed by atoms with Crippen LogP contribution in [0, 0.1) is 11.3 Å². The molecule has 5 nitrogen and oxygen atoms in total. The summed E-state index contributed by atoms with van der Waals surface area (Å²) in [5, 5.41) is 13.9. The van der Waals surface area contributed by atoms with Crippen molar-refractivity contribution in [3.63, 3.8) is 0 Å². The molecule has 2 aromatic rings. The molecule has 0 unspecified atom stereocenters. The molecule has 22 heavy (non-hydrogen) atoms. The summed E-state index contributed by atoms with van der Waals surface area (Å²) in [5.74, 6) is -0.583. The van der Waals surface area contributed by atoms with E-state index in [0.717, 1.165) is 5.56 Å². The Balaban J connectivity index is 2.05. The number of carbonyl (C=O) groups excluding carboxylic acids is 2. The van der Waals surface area contributed by atoms with Crippen molar-refractivity contribution in [2.45, 2.75) is 12.8 Å². The second kappa shape index (κ2) is 7.60. The maximum atomic E-state index is 12.1. The van der Waals surface area contributed by atoms with E-state index in [0.29, 0.717) is 11.4 Å². The third-order valence-corrected chi connectivity index (χ3v) is 2.92. The standard InChI is InChI=1S/C17H15N3O2/c18-11-10-16(21)19-14-8-4-5-9-15(14)20-17(22)12-13-6-2-1-3-7-13/h1-9H,10,12H2,(H,19,21)(H,20,22). The van der Waals surface area contributed by atoms with Crippen LogP contribution >= 0.6 is 0 Å². The Bertz CT molecular complexity index is 705. The Morgan fingerprint density at radius 3 is 2.00 bits per heavy atom. The van der Waals surface area contributed by atoms with E-state index in [4.69, 9.17) is 5.26 Å². The smallest absolute Gasteiger partial charge is 0.238 e. The average molecular weight is 293 g/mol. The second-order valence-corrected chi connectivity index (χ2v) is 4.64. The van der Waals surface area contributed by atoms with Gasteiger partial charge in [-0.1, -0.05) is 42.5 Å². The minimum Gasteiger partial charge on any atom is -0.324 e. The van der Waals surface area contributed by atoms with Gasteiger partial charge in [0.25, 0.3) is 0 Å². The monoisotopic (exact) mass is 293 g/mol. The van der Waals surface area contributed by atoms with E-state index in [2.05, 4.69) is 10.6 Å². The molecule has 2 rings (SSSR count). The number of nitriles is 1. The van der Waals surface area contributed by atoms with Crippen LogP contribution in [-0.4, -0.2) is 11.8 Å². The molecule has 0 aliphatic heterocycles. The quantitative estimate of drug-likeness (QED) is 0.889. The minimum atomic E-state index is -0.410. The highest BCUT2D eigenvalue weighted by atomic mass is 16.2. The summed E-state index contributed by atoms with van der Waals surface area (Å²) in [4.78, 5) is 23.6. The molecular weight excluding hydrogens is 278 g/mol. The van der Waals surface area contributed by atoms with Crippen molar-refractivity contribution < 1.29 is 9.59 Å². The van der Waals surface area contributed by atoms with Crippen molar-refractivity contribution in [3.05, 3.63) is 60.2 Å². The Labute approximate surface area is 128 Å². The van der Waals surface area contributed by atoms with Crippen LogP contribution in [0.25, 0.3) is 0 Å². The number of nitrogens with zero attached hydrogens (tertiary/aromatic N) is 1. The van der Waals surface area contributed by atoms with Crippen molar-refractivity contribution >= 4 is 23.2 Å². The number of hydrogen-bond donors (Lipinski definition) is 2. The average Bonchev–Trinajstić information content (AvgIpc) is 2.50. The molecule has 0 heterocycles. The van der Waals surface area contributed by atoms with Crippen LogP contribution in [0.15, 0.2) is 54.6 Å². The first-order valence-corrected chi connectivity index (χ1v) is 6.78. The van der Waals surface area contributed by atoms with Gasteiger partial charge in [0.15, 0.2) is 0 Å². The lowest BCUT2D eigenvalue weighted by molar-refractivity contribution is -0.116. The van der Waals surface area contributed by atoms with E-state index < -0.39 is 5.91 Å². The van der Waals surface area contributed by atoms with E-state index in [1.165, 1.54) is 0 Å². The lowest BCUT2D eigenvalue weighted by Crippen LogP contribution is -2.17. The highest BCUT2D eigenvalue weighted by Gasteiger charge is 2.09. The molecule has 0 aliphatic carbocycles. The molecular formula is C17H15N3O2. The number of hydrogen-bond acceptors (Lipinski definition) is 3. The molecule has 0 saturated heterocycles. The molecule has 0 fully saturated rings. The first-order valence-electron chi connectivity index (χ1n) is 6.78. The van der Waals surface area contributed by atoms with Crippen LogP contribution in [0.1, 0.15) is 12.0 Å². The number of carbonyl (C=O) groups is 2. The lowest BCUT2D eigenvalue weighted by atomic mass is 10.1. The molecule has 110 valence electrons. The molecule has 0 saturated carbocycles. The van der Waals surface area contributed by atoms with Crippen LogP contribution in [0.3, 0.4) is 0 Å². The first-order chi connectivity index (χ1) is 10.7. The molecule has 2 amide bonds. The fourth-order valence-electron chi connectivity index (χ4n) is 1.94. The van der Waals surface area contributed by atoms with Gasteiger partial charge in [0.05, 0.1) is 23.9 Å². The van der Waals surface area contributed by atoms with Gasteiger partial charge in [0, 0.05) is 0 Å². The summed E-state index contributed by atoms with van der Waals surface area (Å²) >= 11 is 0. The Morgan fingerprint density at radius 2 is 1.41 bits per heavy atom. The van der Waals surface area contributed by atoms with Gasteiger partial charge in [-0.2, -0.15) is 5.26 Å². The van der Waals surface area contributed by atoms with Gasteiger partial charge in [0.1, 0.15) is 6.42 Å². The molecule has 0 atom stereocenters. The zero-order valence-electron chi connectivity index (χ0n) is 11.9. The maximum Gasteiger partial charge on any atom is 0.238 e. The van der Waals surface area contributed by atoms with Crippen molar-refractivity contribution in [2.75, 3.05) is 10.6 Å². The van der Waals surface area contributed by atoms with Crippen LogP contribution in [0.5, 0.6) is 0 Å². The molecule has 0 aromatic heterocycles. The fraction of sp³-hybridized carbons (Fsp3) is 0.118. The lowest BCUT2D eigenvalue weighted by Gasteiger charge is -2.11. The van der Waals surface area contributed by atoms with Crippen molar-refractivity contribution in [2.24, 2.45) is 0 Å². The number of rotatable bonds is 5. The van der Waals surface area contributed by atoms with E-state index >= 15 is 0 Å². The SMILES string of the molecule is N#CCC(=O)Nc1ccccc1NC(=O)Cc1ccccc1. The molecule has 2 N–H and O–H groups in total. The summed E-state index contributed by atoms with van der Waals surface area (Å²) in [5.41, 5.74) is 1.89. The number of para-hydroxylation sites is 2. The summed E-state index contributed by atoms with van der Waals surface area (Å²) in [7, 11) is 0. The van der Waals surface area contributed by atoms with E-state index in [9.17, 15) is 9.59 Å². The number of nitrogens with one attached hydrogen (secondary N) is 2. The highest BCUT2D eigenvalue weighted by molar-refractivity contribution is 6.00. The predicted octanol–water partition coefficient (Wildman–Crippen LogP) is 2.72. The molecule has 0 radical (unpaired) electrons. The molecule has 0 aliphatic rings. The fourth-order valence-corrected chi connectivity index (χ4v) is 1.94. The van der Waals surface area contributed by atoms with Crippen LogP contribution < -0.4 is 10.6 Å². The predicted molar refractivity (Wildman–Crippen MR) is 84.1 cm³/mol. The van der Waals surface area contributed by atoms with Crippen LogP contribution in [0.4, 0.5) is 11.4 Å². The van der Waals surface area contributed by atoms with E-state index in [1.54, 1.807) is 30.3 Å². The van der Waals surface area contributed by atoms with Crippen LogP contribution in [0.2, 0.25) is 0 Å². The maximum absolute atomic E-state index is 12.1. The summed E-state index contributed by atoms with van der Waals surface area (Å²) in [6.07, 6.45) is 0.0214. The van der Waals surface area contributed by atoms with E-state index in [1.807, 2.05) is 30.3 Å². The Morgan fingerprint density at radius 1 is 0.864 bits per heavy atom. The van der Waals surface area contributed by atoms with Crippen LogP contribution in [-0.2, 0) is 16.0 Å². The molecule has 2 aromatic carbocycles. The molecule has 0 bridgehead atoms. The normalized spacial score (nSPS) is 9.59. The van der Waals surface area contributed by atoms with Gasteiger partial charge in [0.2, 0.25) is 11.8 Å². The number of benzene rings is 2. The van der Waals surface area contributed by atoms with Gasteiger partial charge in [-0.3, -0.25) is 9.59 Å². The number of anilines is 2. The second-order valence-electron chi connectivity index (χ2n) is 4.64. The summed E-state index contributed by atoms with van der Waals surface area (Å²) in [6, 6.07) is 18.0. The van der Waals surface area contributed by atoms with Gasteiger partial charge >= 0.3 is 0 Å². The zero-order chi connectivity index (χ0) is 15.8. The topological polar surface area (TPSA) is 82.0 Å². The Kier molecular flexibility index (Phi) is 5.27. The van der Waals surface area contributed by atoms with Gasteiger partial charge < -0.3 is 10.6 Å². The van der Waals surface area contributed by atoms with Crippen molar-refractivity contribution in [1.82, 2.24) is 0 Å². The molecule has 5 heteroatoms. The minimum absolute atomic E-state index is 0.173. The van der Waals surface area contributed by atoms with Crippen molar-refractivity contribution in [1.29, 1.82) is 5.26 Å².